The van der Waals surface area contributed by atoms with Gasteiger partial charge in [0.25, 0.3) is 5.56 Å². The molecule has 0 radical (unpaired) electrons. The SMILES string of the molecule is Cc1ccc(-c2nc(CSc3nnc4n(CCC(C)C)c(=O)c5ccccc5n34)cs2)o1. The second-order valence-corrected chi connectivity index (χ2v) is 9.92. The van der Waals surface area contributed by atoms with Crippen LogP contribution in [0.1, 0.15) is 31.7 Å². The lowest BCUT2D eigenvalue weighted by Crippen LogP contribution is -2.24. The van der Waals surface area contributed by atoms with Gasteiger partial charge in [0, 0.05) is 17.7 Å². The average Bonchev–Trinajstić information content (AvgIpc) is 3.51. The molecule has 7 nitrogen and oxygen atoms in total. The molecule has 4 heterocycles. The lowest BCUT2D eigenvalue weighted by atomic mass is 10.1. The van der Waals surface area contributed by atoms with Crippen LogP contribution in [-0.2, 0) is 12.3 Å². The van der Waals surface area contributed by atoms with Crippen molar-refractivity contribution in [2.45, 2.75) is 44.6 Å². The zero-order valence-electron chi connectivity index (χ0n) is 18.1. The molecule has 0 saturated heterocycles. The Bertz CT molecular complexity index is 1460. The van der Waals surface area contributed by atoms with Crippen molar-refractivity contribution in [2.24, 2.45) is 5.92 Å². The highest BCUT2D eigenvalue weighted by Gasteiger charge is 2.17. The van der Waals surface area contributed by atoms with Gasteiger partial charge in [-0.05, 0) is 43.5 Å². The monoisotopic (exact) mass is 465 g/mol. The Labute approximate surface area is 193 Å². The van der Waals surface area contributed by atoms with E-state index in [4.69, 9.17) is 9.40 Å². The van der Waals surface area contributed by atoms with Crippen molar-refractivity contribution in [2.75, 3.05) is 0 Å². The van der Waals surface area contributed by atoms with Gasteiger partial charge < -0.3 is 4.42 Å². The number of para-hydroxylation sites is 1. The van der Waals surface area contributed by atoms with E-state index in [0.717, 1.165) is 39.3 Å². The van der Waals surface area contributed by atoms with Gasteiger partial charge >= 0.3 is 0 Å². The first-order valence-electron chi connectivity index (χ1n) is 10.5. The fourth-order valence-electron chi connectivity index (χ4n) is 3.59. The number of thioether (sulfide) groups is 1. The third-order valence-electron chi connectivity index (χ3n) is 5.26. The van der Waals surface area contributed by atoms with Gasteiger partial charge in [0.1, 0.15) is 5.76 Å². The molecule has 164 valence electrons. The summed E-state index contributed by atoms with van der Waals surface area (Å²) in [7, 11) is 0. The predicted octanol–water partition coefficient (Wildman–Crippen LogP) is 5.41. The molecule has 5 aromatic rings. The van der Waals surface area contributed by atoms with Gasteiger partial charge in [-0.25, -0.2) is 4.98 Å². The summed E-state index contributed by atoms with van der Waals surface area (Å²) in [6.45, 7) is 6.85. The van der Waals surface area contributed by atoms with Gasteiger partial charge in [-0.2, -0.15) is 0 Å². The fraction of sp³-hybridized carbons (Fsp3) is 0.304. The van der Waals surface area contributed by atoms with E-state index < -0.39 is 0 Å². The summed E-state index contributed by atoms with van der Waals surface area (Å²) in [6, 6.07) is 11.5. The van der Waals surface area contributed by atoms with Gasteiger partial charge in [-0.15, -0.1) is 21.5 Å². The Hall–Kier alpha value is -2.91. The van der Waals surface area contributed by atoms with E-state index in [0.29, 0.717) is 29.4 Å². The van der Waals surface area contributed by atoms with Crippen molar-refractivity contribution in [3.05, 3.63) is 63.6 Å². The lowest BCUT2D eigenvalue weighted by molar-refractivity contribution is 0.512. The molecule has 0 aliphatic heterocycles. The summed E-state index contributed by atoms with van der Waals surface area (Å²) < 4.78 is 9.43. The van der Waals surface area contributed by atoms with Crippen molar-refractivity contribution in [3.63, 3.8) is 0 Å². The number of hydrogen-bond acceptors (Lipinski definition) is 7. The molecular formula is C23H23N5O2S2. The summed E-state index contributed by atoms with van der Waals surface area (Å²) in [4.78, 5) is 17.8. The second-order valence-electron chi connectivity index (χ2n) is 8.12. The minimum absolute atomic E-state index is 0.0180. The highest BCUT2D eigenvalue weighted by atomic mass is 32.2. The van der Waals surface area contributed by atoms with Crippen LogP contribution in [0.25, 0.3) is 27.4 Å². The first-order valence-corrected chi connectivity index (χ1v) is 12.4. The molecule has 0 aliphatic rings. The van der Waals surface area contributed by atoms with E-state index in [1.807, 2.05) is 53.1 Å². The molecular weight excluding hydrogens is 442 g/mol. The highest BCUT2D eigenvalue weighted by molar-refractivity contribution is 7.98. The molecule has 0 fully saturated rings. The Kier molecular flexibility index (Phi) is 5.60. The van der Waals surface area contributed by atoms with Gasteiger partial charge in [0.05, 0.1) is 16.6 Å². The maximum Gasteiger partial charge on any atom is 0.262 e. The van der Waals surface area contributed by atoms with E-state index in [1.165, 1.54) is 0 Å². The molecule has 0 amide bonds. The molecule has 0 saturated carbocycles. The standard InChI is InChI=1S/C23H23N5O2S2/c1-14(2)10-11-27-21(29)17-6-4-5-7-18(17)28-22(27)25-26-23(28)32-13-16-12-31-20(24-16)19-9-8-15(3)30-19/h4-9,12,14H,10-11,13H2,1-3H3. The Balaban J connectivity index is 1.50. The molecule has 4 aromatic heterocycles. The second kappa shape index (κ2) is 8.55. The highest BCUT2D eigenvalue weighted by Crippen LogP contribution is 2.29. The van der Waals surface area contributed by atoms with Crippen LogP contribution in [0.2, 0.25) is 0 Å². The number of nitrogens with zero attached hydrogens (tertiary/aromatic N) is 5. The maximum atomic E-state index is 13.1. The van der Waals surface area contributed by atoms with Gasteiger partial charge in [-0.1, -0.05) is 37.7 Å². The molecule has 0 spiro atoms. The van der Waals surface area contributed by atoms with Crippen molar-refractivity contribution in [1.82, 2.24) is 24.1 Å². The minimum atomic E-state index is -0.0180. The van der Waals surface area contributed by atoms with Crippen LogP contribution in [0.3, 0.4) is 0 Å². The smallest absolute Gasteiger partial charge is 0.262 e. The molecule has 0 N–H and O–H groups in total. The van der Waals surface area contributed by atoms with Crippen LogP contribution in [0.5, 0.6) is 0 Å². The summed E-state index contributed by atoms with van der Waals surface area (Å²) >= 11 is 3.13. The Morgan fingerprint density at radius 1 is 1.16 bits per heavy atom. The Morgan fingerprint density at radius 2 is 2.00 bits per heavy atom. The summed E-state index contributed by atoms with van der Waals surface area (Å²) in [6.07, 6.45) is 0.900. The van der Waals surface area contributed by atoms with E-state index in [9.17, 15) is 4.79 Å². The largest absolute Gasteiger partial charge is 0.459 e. The van der Waals surface area contributed by atoms with Crippen LogP contribution < -0.4 is 5.56 Å². The first kappa shape index (κ1) is 21.0. The van der Waals surface area contributed by atoms with Crippen LogP contribution in [-0.4, -0.2) is 24.1 Å². The quantitative estimate of drug-likeness (QED) is 0.299. The number of benzene rings is 1. The molecule has 0 bridgehead atoms. The number of aryl methyl sites for hydroxylation is 2. The number of thiazole rings is 1. The fourth-order valence-corrected chi connectivity index (χ4v) is 5.31. The average molecular weight is 466 g/mol. The van der Waals surface area contributed by atoms with E-state index in [2.05, 4.69) is 24.0 Å². The third kappa shape index (κ3) is 3.86. The topological polar surface area (TPSA) is 78.2 Å². The summed E-state index contributed by atoms with van der Waals surface area (Å²) in [5, 5.41) is 13.2. The zero-order chi connectivity index (χ0) is 22.2. The minimum Gasteiger partial charge on any atom is -0.459 e. The number of fused-ring (bicyclic) bond motifs is 3. The van der Waals surface area contributed by atoms with E-state index in [-0.39, 0.29) is 5.56 Å². The van der Waals surface area contributed by atoms with Crippen LogP contribution in [0.15, 0.2) is 56.1 Å². The first-order chi connectivity index (χ1) is 15.5. The van der Waals surface area contributed by atoms with E-state index >= 15 is 0 Å². The summed E-state index contributed by atoms with van der Waals surface area (Å²) in [5.74, 6) is 3.38. The molecule has 0 unspecified atom stereocenters. The van der Waals surface area contributed by atoms with Crippen LogP contribution >= 0.6 is 23.1 Å². The number of rotatable bonds is 7. The number of hydrogen-bond donors (Lipinski definition) is 0. The van der Waals surface area contributed by atoms with E-state index in [1.54, 1.807) is 27.7 Å². The van der Waals surface area contributed by atoms with Crippen molar-refractivity contribution >= 4 is 39.8 Å². The third-order valence-corrected chi connectivity index (χ3v) is 7.13. The molecule has 32 heavy (non-hydrogen) atoms. The lowest BCUT2D eigenvalue weighted by Gasteiger charge is -2.12. The summed E-state index contributed by atoms with van der Waals surface area (Å²) in [5.41, 5.74) is 1.76. The van der Waals surface area contributed by atoms with Crippen LogP contribution in [0, 0.1) is 12.8 Å². The molecule has 1 aromatic carbocycles. The van der Waals surface area contributed by atoms with Gasteiger partial charge in [0.2, 0.25) is 5.78 Å². The molecule has 5 rings (SSSR count). The van der Waals surface area contributed by atoms with Gasteiger partial charge in [-0.3, -0.25) is 13.8 Å². The maximum absolute atomic E-state index is 13.1. The van der Waals surface area contributed by atoms with Crippen molar-refractivity contribution in [3.8, 4) is 10.8 Å². The zero-order valence-corrected chi connectivity index (χ0v) is 19.7. The normalized spacial score (nSPS) is 11.9. The van der Waals surface area contributed by atoms with Crippen molar-refractivity contribution < 1.29 is 4.42 Å². The van der Waals surface area contributed by atoms with Crippen molar-refractivity contribution in [1.29, 1.82) is 0 Å². The Morgan fingerprint density at radius 3 is 2.78 bits per heavy atom. The van der Waals surface area contributed by atoms with Crippen LogP contribution in [0.4, 0.5) is 0 Å². The predicted molar refractivity (Wildman–Crippen MR) is 128 cm³/mol. The van der Waals surface area contributed by atoms with Gasteiger partial charge in [0.15, 0.2) is 15.9 Å². The number of furan rings is 1. The molecule has 0 atom stereocenters. The molecule has 9 heteroatoms. The molecule has 0 aliphatic carbocycles. The number of aromatic nitrogens is 5.